The highest BCUT2D eigenvalue weighted by Gasteiger charge is 2.08. The van der Waals surface area contributed by atoms with E-state index < -0.39 is 0 Å². The zero-order chi connectivity index (χ0) is 15.7. The molecular weight excluding hydrogens is 280 g/mol. The Labute approximate surface area is 140 Å². The van der Waals surface area contributed by atoms with Gasteiger partial charge in [-0.1, -0.05) is 42.8 Å². The highest BCUT2D eigenvalue weighted by atomic mass is 15.1. The van der Waals surface area contributed by atoms with Crippen LogP contribution in [0.3, 0.4) is 0 Å². The van der Waals surface area contributed by atoms with Gasteiger partial charge < -0.3 is 10.2 Å². The fourth-order valence-electron chi connectivity index (χ4n) is 3.37. The maximum Gasteiger partial charge on any atom is 0.0205 e. The minimum absolute atomic E-state index is 0.979. The van der Waals surface area contributed by atoms with Crippen molar-refractivity contribution in [2.45, 2.75) is 38.6 Å². The van der Waals surface area contributed by atoms with Crippen molar-refractivity contribution in [3.8, 4) is 0 Å². The first-order valence-corrected chi connectivity index (χ1v) is 9.14. The van der Waals surface area contributed by atoms with Crippen molar-refractivity contribution in [3.63, 3.8) is 0 Å². The van der Waals surface area contributed by atoms with Crippen LogP contribution in [0.15, 0.2) is 42.5 Å². The molecule has 0 saturated carbocycles. The molecule has 0 amide bonds. The Balaban J connectivity index is 1.28. The molecule has 2 heteroatoms. The van der Waals surface area contributed by atoms with E-state index in [1.54, 1.807) is 0 Å². The molecule has 1 fully saturated rings. The van der Waals surface area contributed by atoms with Crippen molar-refractivity contribution in [1.82, 2.24) is 10.2 Å². The first kappa shape index (κ1) is 16.5. The van der Waals surface area contributed by atoms with Crippen LogP contribution < -0.4 is 5.32 Å². The van der Waals surface area contributed by atoms with E-state index in [1.807, 2.05) is 0 Å². The summed E-state index contributed by atoms with van der Waals surface area (Å²) in [5.41, 5.74) is 1.38. The van der Waals surface area contributed by atoms with Crippen molar-refractivity contribution in [2.75, 3.05) is 26.2 Å². The number of unbranched alkanes of at least 4 members (excludes halogenated alkanes) is 2. The van der Waals surface area contributed by atoms with Crippen LogP contribution in [0, 0.1) is 6.42 Å². The van der Waals surface area contributed by atoms with E-state index in [2.05, 4.69) is 59.1 Å². The van der Waals surface area contributed by atoms with Gasteiger partial charge in [0.2, 0.25) is 0 Å². The molecule has 2 nitrogen and oxygen atoms in total. The molecule has 0 bridgehead atoms. The van der Waals surface area contributed by atoms with Gasteiger partial charge in [0, 0.05) is 6.54 Å². The number of rotatable bonds is 8. The second kappa shape index (κ2) is 9.05. The second-order valence-corrected chi connectivity index (χ2v) is 6.63. The number of nitrogens with one attached hydrogen (secondary N) is 1. The van der Waals surface area contributed by atoms with Crippen LogP contribution in [-0.2, 0) is 6.54 Å². The van der Waals surface area contributed by atoms with Gasteiger partial charge in [-0.25, -0.2) is 0 Å². The van der Waals surface area contributed by atoms with Gasteiger partial charge in [0.25, 0.3) is 0 Å². The Bertz CT molecular complexity index is 587. The second-order valence-electron chi connectivity index (χ2n) is 6.63. The van der Waals surface area contributed by atoms with Gasteiger partial charge in [0.1, 0.15) is 0 Å². The number of hydrogen-bond acceptors (Lipinski definition) is 2. The number of benzene rings is 2. The fraction of sp³-hybridized carbons (Fsp3) is 0.476. The summed E-state index contributed by atoms with van der Waals surface area (Å²) >= 11 is 0. The Hall–Kier alpha value is -1.38. The molecule has 1 aliphatic rings. The third-order valence-electron chi connectivity index (χ3n) is 4.77. The molecule has 3 rings (SSSR count). The fourth-order valence-corrected chi connectivity index (χ4v) is 3.37. The zero-order valence-electron chi connectivity index (χ0n) is 14.1. The van der Waals surface area contributed by atoms with Gasteiger partial charge >= 0.3 is 0 Å². The van der Waals surface area contributed by atoms with E-state index in [4.69, 9.17) is 0 Å². The van der Waals surface area contributed by atoms with E-state index in [0.29, 0.717) is 0 Å². The Kier molecular flexibility index (Phi) is 6.48. The largest absolute Gasteiger partial charge is 0.313 e. The summed E-state index contributed by atoms with van der Waals surface area (Å²) < 4.78 is 0. The first-order chi connectivity index (χ1) is 11.4. The summed E-state index contributed by atoms with van der Waals surface area (Å²) in [6.07, 6.45) is 8.96. The molecule has 0 unspecified atom stereocenters. The van der Waals surface area contributed by atoms with Gasteiger partial charge in [-0.2, -0.15) is 0 Å². The maximum absolute atomic E-state index is 3.59. The molecule has 2 aromatic carbocycles. The van der Waals surface area contributed by atoms with Gasteiger partial charge in [0.05, 0.1) is 0 Å². The normalized spacial score (nSPS) is 16.0. The Morgan fingerprint density at radius 1 is 0.870 bits per heavy atom. The van der Waals surface area contributed by atoms with Crippen molar-refractivity contribution in [1.29, 1.82) is 0 Å². The lowest BCUT2D eigenvalue weighted by molar-refractivity contribution is 0.248. The quantitative estimate of drug-likeness (QED) is 0.727. The molecule has 1 aliphatic heterocycles. The lowest BCUT2D eigenvalue weighted by atomic mass is 10.1. The number of piperidine rings is 1. The average molecular weight is 309 g/mol. The highest BCUT2D eigenvalue weighted by Crippen LogP contribution is 2.15. The molecule has 0 atom stereocenters. The predicted molar refractivity (Wildman–Crippen MR) is 99.5 cm³/mol. The Morgan fingerprint density at radius 3 is 2.57 bits per heavy atom. The maximum atomic E-state index is 3.59. The molecule has 0 aliphatic carbocycles. The summed E-state index contributed by atoms with van der Waals surface area (Å²) in [5.74, 6) is 0. The van der Waals surface area contributed by atoms with Crippen LogP contribution in [0.2, 0.25) is 0 Å². The topological polar surface area (TPSA) is 15.3 Å². The van der Waals surface area contributed by atoms with Crippen LogP contribution in [-0.4, -0.2) is 31.1 Å². The molecule has 1 N–H and O–H groups in total. The standard InChI is InChI=1S/C21H29N2/c1(6-14-23-15-7-2-8-16-23)5-13-22-18-19-11-12-20-9-3-4-10-21(20)17-19/h2-4,9-12,17,22H,1,5-8,13-16,18H2. The zero-order valence-corrected chi connectivity index (χ0v) is 14.1. The molecule has 1 radical (unpaired) electrons. The molecule has 0 aromatic heterocycles. The third-order valence-corrected chi connectivity index (χ3v) is 4.77. The molecule has 123 valence electrons. The van der Waals surface area contributed by atoms with Crippen LogP contribution in [0.5, 0.6) is 0 Å². The predicted octanol–water partition coefficient (Wildman–Crippen LogP) is 4.40. The lowest BCUT2D eigenvalue weighted by Gasteiger charge is -2.26. The van der Waals surface area contributed by atoms with Crippen LogP contribution >= 0.6 is 0 Å². The van der Waals surface area contributed by atoms with Gasteiger partial charge in [-0.15, -0.1) is 0 Å². The summed E-state index contributed by atoms with van der Waals surface area (Å²) in [4.78, 5) is 2.61. The average Bonchev–Trinajstić information content (AvgIpc) is 2.61. The number of fused-ring (bicyclic) bond motifs is 1. The van der Waals surface area contributed by atoms with E-state index in [1.165, 1.54) is 68.1 Å². The minimum Gasteiger partial charge on any atom is -0.313 e. The summed E-state index contributed by atoms with van der Waals surface area (Å²) in [6, 6.07) is 15.3. The van der Waals surface area contributed by atoms with Gasteiger partial charge in [-0.05, 0) is 80.7 Å². The first-order valence-electron chi connectivity index (χ1n) is 9.14. The Morgan fingerprint density at radius 2 is 1.70 bits per heavy atom. The van der Waals surface area contributed by atoms with Gasteiger partial charge in [-0.3, -0.25) is 0 Å². The van der Waals surface area contributed by atoms with E-state index >= 15 is 0 Å². The molecule has 1 heterocycles. The van der Waals surface area contributed by atoms with E-state index in [9.17, 15) is 0 Å². The summed E-state index contributed by atoms with van der Waals surface area (Å²) in [6.45, 7) is 5.95. The summed E-state index contributed by atoms with van der Waals surface area (Å²) in [5, 5.41) is 6.25. The van der Waals surface area contributed by atoms with Crippen LogP contribution in [0.25, 0.3) is 10.8 Å². The van der Waals surface area contributed by atoms with E-state index in [-0.39, 0.29) is 0 Å². The number of likely N-dealkylation sites (tertiary alicyclic amines) is 1. The van der Waals surface area contributed by atoms with Crippen molar-refractivity contribution >= 4 is 10.8 Å². The monoisotopic (exact) mass is 309 g/mol. The SMILES string of the molecule is [CH]1CCN(CCCCCNCc2ccc3ccccc3c2)CC1. The lowest BCUT2D eigenvalue weighted by Crippen LogP contribution is -2.30. The third kappa shape index (κ3) is 5.33. The molecule has 23 heavy (non-hydrogen) atoms. The van der Waals surface area contributed by atoms with Crippen LogP contribution in [0.4, 0.5) is 0 Å². The van der Waals surface area contributed by atoms with E-state index in [0.717, 1.165) is 13.1 Å². The molecule has 0 spiro atoms. The smallest absolute Gasteiger partial charge is 0.0205 e. The van der Waals surface area contributed by atoms with Crippen LogP contribution in [0.1, 0.15) is 37.7 Å². The summed E-state index contributed by atoms with van der Waals surface area (Å²) in [7, 11) is 0. The molecular formula is C21H29N2. The minimum atomic E-state index is 0.979. The highest BCUT2D eigenvalue weighted by molar-refractivity contribution is 5.82. The number of hydrogen-bond donors (Lipinski definition) is 1. The molecule has 2 aromatic rings. The van der Waals surface area contributed by atoms with Crippen molar-refractivity contribution in [2.24, 2.45) is 0 Å². The molecule has 1 saturated heterocycles. The number of nitrogens with zero attached hydrogens (tertiary/aromatic N) is 1. The van der Waals surface area contributed by atoms with Crippen molar-refractivity contribution in [3.05, 3.63) is 54.4 Å². The van der Waals surface area contributed by atoms with Crippen molar-refractivity contribution < 1.29 is 0 Å². The van der Waals surface area contributed by atoms with Gasteiger partial charge in [0.15, 0.2) is 0 Å².